The molecule has 0 N–H and O–H groups in total. The minimum Gasteiger partial charge on any atom is -0.481 e. The molecule has 10 heteroatoms. The Morgan fingerprint density at radius 2 is 1.97 bits per heavy atom. The summed E-state index contributed by atoms with van der Waals surface area (Å²) in [5.41, 5.74) is 2.43. The Morgan fingerprint density at radius 1 is 1.19 bits per heavy atom. The van der Waals surface area contributed by atoms with Gasteiger partial charge in [0, 0.05) is 37.3 Å². The van der Waals surface area contributed by atoms with E-state index in [-0.39, 0.29) is 12.2 Å². The lowest BCUT2D eigenvalue weighted by atomic mass is 10.2. The molecule has 0 aromatic carbocycles. The Hall–Kier alpha value is -3.43. The monoisotopic (exact) mass is 440 g/mol. The van der Waals surface area contributed by atoms with Crippen molar-refractivity contribution in [3.63, 3.8) is 0 Å². The van der Waals surface area contributed by atoms with Crippen molar-refractivity contribution in [3.05, 3.63) is 24.2 Å². The average molecular weight is 441 g/mol. The number of fused-ring (bicyclic) bond motifs is 1. The van der Waals surface area contributed by atoms with E-state index in [1.54, 1.807) is 18.2 Å². The molecule has 4 heterocycles. The van der Waals surface area contributed by atoms with Crippen LogP contribution in [0.25, 0.3) is 22.6 Å². The Morgan fingerprint density at radius 3 is 2.66 bits per heavy atom. The Bertz CT molecular complexity index is 1150. The number of carbonyl (C=O) groups excluding carboxylic acids is 1. The van der Waals surface area contributed by atoms with Crippen LogP contribution in [0, 0.1) is 6.92 Å². The molecule has 0 spiro atoms. The van der Waals surface area contributed by atoms with Gasteiger partial charge in [0.25, 0.3) is 0 Å². The molecule has 1 amide bonds. The van der Waals surface area contributed by atoms with Gasteiger partial charge in [0.1, 0.15) is 23.9 Å². The van der Waals surface area contributed by atoms with Crippen LogP contribution in [0.4, 0.5) is 4.79 Å². The summed E-state index contributed by atoms with van der Waals surface area (Å²) < 4.78 is 18.7. The molecule has 1 saturated heterocycles. The normalized spacial score (nSPS) is 16.4. The van der Waals surface area contributed by atoms with Gasteiger partial charge < -0.3 is 23.7 Å². The quantitative estimate of drug-likeness (QED) is 0.609. The van der Waals surface area contributed by atoms with Crippen LogP contribution < -0.4 is 9.47 Å². The summed E-state index contributed by atoms with van der Waals surface area (Å²) in [6.45, 7) is 8.49. The molecular formula is C22H28N6O4. The van der Waals surface area contributed by atoms with Crippen molar-refractivity contribution >= 4 is 17.3 Å². The summed E-state index contributed by atoms with van der Waals surface area (Å²) >= 11 is 0. The van der Waals surface area contributed by atoms with Crippen LogP contribution in [0.3, 0.4) is 0 Å². The number of methoxy groups -OCH3 is 1. The van der Waals surface area contributed by atoms with E-state index in [2.05, 4.69) is 15.0 Å². The molecule has 3 aromatic heterocycles. The lowest BCUT2D eigenvalue weighted by molar-refractivity contribution is 0.0275. The third kappa shape index (κ3) is 4.30. The van der Waals surface area contributed by atoms with Crippen molar-refractivity contribution in [3.8, 4) is 23.1 Å². The second-order valence-electron chi connectivity index (χ2n) is 8.85. The van der Waals surface area contributed by atoms with Crippen molar-refractivity contribution in [2.45, 2.75) is 45.8 Å². The molecule has 0 bridgehead atoms. The van der Waals surface area contributed by atoms with Crippen LogP contribution in [0.2, 0.25) is 0 Å². The predicted molar refractivity (Wildman–Crippen MR) is 118 cm³/mol. The summed E-state index contributed by atoms with van der Waals surface area (Å²) in [5, 5.41) is 0. The zero-order valence-electron chi connectivity index (χ0n) is 19.2. The number of carbonyl (C=O) groups is 1. The van der Waals surface area contributed by atoms with E-state index in [0.29, 0.717) is 48.3 Å². The molecule has 170 valence electrons. The molecule has 4 rings (SSSR count). The number of ether oxygens (including phenoxy) is 3. The second kappa shape index (κ2) is 8.25. The molecule has 10 nitrogen and oxygen atoms in total. The fraction of sp³-hybridized carbons (Fsp3) is 0.500. The van der Waals surface area contributed by atoms with Gasteiger partial charge in [0.05, 0.1) is 13.7 Å². The van der Waals surface area contributed by atoms with E-state index >= 15 is 0 Å². The van der Waals surface area contributed by atoms with E-state index in [1.807, 2.05) is 45.4 Å². The maximum Gasteiger partial charge on any atom is 0.410 e. The first-order valence-electron chi connectivity index (χ1n) is 10.5. The largest absolute Gasteiger partial charge is 0.481 e. The number of rotatable bonds is 4. The molecule has 1 fully saturated rings. The highest BCUT2D eigenvalue weighted by Crippen LogP contribution is 2.30. The minimum atomic E-state index is -0.534. The van der Waals surface area contributed by atoms with Gasteiger partial charge >= 0.3 is 6.09 Å². The Kier molecular flexibility index (Phi) is 5.62. The molecule has 0 saturated carbocycles. The first-order chi connectivity index (χ1) is 15.2. The van der Waals surface area contributed by atoms with Gasteiger partial charge in [-0.2, -0.15) is 4.98 Å². The number of amides is 1. The van der Waals surface area contributed by atoms with Crippen molar-refractivity contribution in [2.24, 2.45) is 7.05 Å². The van der Waals surface area contributed by atoms with Crippen molar-refractivity contribution < 1.29 is 19.0 Å². The van der Waals surface area contributed by atoms with E-state index in [4.69, 9.17) is 19.2 Å². The van der Waals surface area contributed by atoms with Crippen LogP contribution in [0.15, 0.2) is 18.6 Å². The Balaban J connectivity index is 1.57. The van der Waals surface area contributed by atoms with Crippen LogP contribution in [-0.2, 0) is 11.8 Å². The van der Waals surface area contributed by atoms with Gasteiger partial charge in [-0.05, 0) is 33.8 Å². The van der Waals surface area contributed by atoms with Gasteiger partial charge in [0.15, 0.2) is 11.2 Å². The van der Waals surface area contributed by atoms with Gasteiger partial charge in [-0.15, -0.1) is 0 Å². The van der Waals surface area contributed by atoms with Gasteiger partial charge in [-0.3, -0.25) is 0 Å². The average Bonchev–Trinajstić information content (AvgIpc) is 3.32. The van der Waals surface area contributed by atoms with Crippen LogP contribution in [0.5, 0.6) is 11.8 Å². The lowest BCUT2D eigenvalue weighted by Crippen LogP contribution is -2.36. The van der Waals surface area contributed by atoms with E-state index in [0.717, 1.165) is 11.1 Å². The van der Waals surface area contributed by atoms with Crippen LogP contribution in [-0.4, -0.2) is 67.4 Å². The second-order valence-corrected chi connectivity index (χ2v) is 8.85. The highest BCUT2D eigenvalue weighted by molar-refractivity contribution is 5.81. The SMILES string of the molecule is COc1ncc(-c2nc3c(O[C@H]4CCN(C(=O)OC(C)(C)C)C4)ncnc3n2C)cc1C. The molecule has 0 unspecified atom stereocenters. The highest BCUT2D eigenvalue weighted by atomic mass is 16.6. The third-order valence-electron chi connectivity index (χ3n) is 5.18. The molecule has 1 aliphatic heterocycles. The molecule has 0 aliphatic carbocycles. The zero-order chi connectivity index (χ0) is 23.0. The minimum absolute atomic E-state index is 0.198. The number of hydrogen-bond donors (Lipinski definition) is 0. The fourth-order valence-electron chi connectivity index (χ4n) is 3.70. The number of hydrogen-bond acceptors (Lipinski definition) is 8. The maximum atomic E-state index is 12.3. The Labute approximate surface area is 186 Å². The summed E-state index contributed by atoms with van der Waals surface area (Å²) in [4.78, 5) is 31.8. The highest BCUT2D eigenvalue weighted by Gasteiger charge is 2.32. The number of pyridine rings is 1. The molecule has 1 atom stereocenters. The summed E-state index contributed by atoms with van der Waals surface area (Å²) in [5.74, 6) is 1.67. The van der Waals surface area contributed by atoms with E-state index in [9.17, 15) is 4.79 Å². The van der Waals surface area contributed by atoms with E-state index < -0.39 is 5.60 Å². The van der Waals surface area contributed by atoms with E-state index in [1.165, 1.54) is 6.33 Å². The van der Waals surface area contributed by atoms with Gasteiger partial charge in [-0.25, -0.2) is 19.7 Å². The predicted octanol–water partition coefficient (Wildman–Crippen LogP) is 3.13. The first kappa shape index (κ1) is 21.8. The summed E-state index contributed by atoms with van der Waals surface area (Å²) in [6.07, 6.45) is 3.33. The topological polar surface area (TPSA) is 104 Å². The van der Waals surface area contributed by atoms with Crippen molar-refractivity contribution in [1.29, 1.82) is 0 Å². The zero-order valence-corrected chi connectivity index (χ0v) is 19.2. The first-order valence-corrected chi connectivity index (χ1v) is 10.5. The van der Waals surface area contributed by atoms with Crippen LogP contribution >= 0.6 is 0 Å². The molecule has 32 heavy (non-hydrogen) atoms. The third-order valence-corrected chi connectivity index (χ3v) is 5.18. The number of nitrogens with zero attached hydrogens (tertiary/aromatic N) is 6. The molecular weight excluding hydrogens is 412 g/mol. The van der Waals surface area contributed by atoms with Gasteiger partial charge in [0.2, 0.25) is 11.8 Å². The lowest BCUT2D eigenvalue weighted by Gasteiger charge is -2.24. The summed E-state index contributed by atoms with van der Waals surface area (Å²) in [6, 6.07) is 1.97. The standard InChI is InChI=1S/C22H28N6O4/c1-13-9-14(10-23-19(13)30-6)17-26-16-18(27(17)5)24-12-25-20(16)31-15-7-8-28(11-15)21(29)32-22(2,3)4/h9-10,12,15H,7-8,11H2,1-6H3/t15-/m0/s1. The molecule has 3 aromatic rings. The van der Waals surface area contributed by atoms with Crippen molar-refractivity contribution in [1.82, 2.24) is 29.4 Å². The number of likely N-dealkylation sites (tertiary alicyclic amines) is 1. The number of aromatic nitrogens is 5. The molecule has 1 aliphatic rings. The fourth-order valence-corrected chi connectivity index (χ4v) is 3.70. The number of aryl methyl sites for hydroxylation is 2. The van der Waals surface area contributed by atoms with Crippen molar-refractivity contribution in [2.75, 3.05) is 20.2 Å². The smallest absolute Gasteiger partial charge is 0.410 e. The van der Waals surface area contributed by atoms with Gasteiger partial charge in [-0.1, -0.05) is 0 Å². The molecule has 0 radical (unpaired) electrons. The maximum absolute atomic E-state index is 12.3. The number of imidazole rings is 1. The summed E-state index contributed by atoms with van der Waals surface area (Å²) in [7, 11) is 3.48. The van der Waals surface area contributed by atoms with Crippen LogP contribution in [0.1, 0.15) is 32.8 Å².